The number of pyridine rings is 1. The van der Waals surface area contributed by atoms with Gasteiger partial charge in [-0.1, -0.05) is 51.3 Å². The smallest absolute Gasteiger partial charge is 0.0712 e. The first-order chi connectivity index (χ1) is 8.27. The molecule has 1 heteroatoms. The predicted octanol–water partition coefficient (Wildman–Crippen LogP) is 4.86. The third-order valence-corrected chi connectivity index (χ3v) is 2.63. The second-order valence-electron chi connectivity index (χ2n) is 3.46. The summed E-state index contributed by atoms with van der Waals surface area (Å²) in [6.45, 7) is 13.7. The van der Waals surface area contributed by atoms with Crippen LogP contribution in [0.25, 0.3) is 23.1 Å². The van der Waals surface area contributed by atoms with Crippen LogP contribution in [0.4, 0.5) is 0 Å². The molecule has 0 unspecified atom stereocenters. The first kappa shape index (κ1) is 13.2. The van der Waals surface area contributed by atoms with Crippen molar-refractivity contribution in [3.8, 4) is 0 Å². The lowest BCUT2D eigenvalue weighted by molar-refractivity contribution is 1.32. The fourth-order valence-corrected chi connectivity index (χ4v) is 1.83. The Balaban J connectivity index is 0.000000686. The lowest BCUT2D eigenvalue weighted by Gasteiger charge is -2.08. The zero-order valence-electron chi connectivity index (χ0n) is 10.8. The molecule has 0 radical (unpaired) electrons. The van der Waals surface area contributed by atoms with Crippen molar-refractivity contribution in [1.82, 2.24) is 4.98 Å². The quantitative estimate of drug-likeness (QED) is 0.711. The van der Waals surface area contributed by atoms with Crippen LogP contribution in [0.1, 0.15) is 30.7 Å². The van der Waals surface area contributed by atoms with Gasteiger partial charge in [0.15, 0.2) is 0 Å². The van der Waals surface area contributed by atoms with Crippen LogP contribution in [-0.4, -0.2) is 4.98 Å². The number of hydrogen-bond acceptors (Lipinski definition) is 1. The van der Waals surface area contributed by atoms with E-state index in [-0.39, 0.29) is 0 Å². The van der Waals surface area contributed by atoms with Gasteiger partial charge in [0.1, 0.15) is 0 Å². The molecule has 17 heavy (non-hydrogen) atoms. The highest BCUT2D eigenvalue weighted by Gasteiger charge is 2.06. The van der Waals surface area contributed by atoms with Gasteiger partial charge < -0.3 is 0 Å². The molecule has 0 spiro atoms. The first-order valence-corrected chi connectivity index (χ1v) is 5.92. The Labute approximate surface area is 104 Å². The number of benzene rings is 1. The molecule has 0 aliphatic carbocycles. The topological polar surface area (TPSA) is 12.9 Å². The maximum atomic E-state index is 4.54. The average molecular weight is 225 g/mol. The maximum Gasteiger partial charge on any atom is 0.0712 e. The summed E-state index contributed by atoms with van der Waals surface area (Å²) in [5.74, 6) is 0. The third-order valence-electron chi connectivity index (χ3n) is 2.63. The van der Waals surface area contributed by atoms with Gasteiger partial charge in [-0.05, 0) is 24.6 Å². The van der Waals surface area contributed by atoms with Crippen molar-refractivity contribution in [2.24, 2.45) is 0 Å². The number of aromatic nitrogens is 1. The molecule has 1 nitrogen and oxygen atoms in total. The molecule has 0 fully saturated rings. The standard InChI is InChI=1S/C14H13N.C2H6/c1-4-11-10(3)12-8-6-7-9-14(12)15-13(11)5-2;1-2/h4-9H,1-2H2,3H3;1-2H3. The summed E-state index contributed by atoms with van der Waals surface area (Å²) in [6, 6.07) is 8.12. The molecule has 1 aromatic carbocycles. The molecule has 0 amide bonds. The average Bonchev–Trinajstić information content (AvgIpc) is 2.41. The molecule has 88 valence electrons. The van der Waals surface area contributed by atoms with Gasteiger partial charge in [-0.25, -0.2) is 4.98 Å². The normalized spacial score (nSPS) is 9.35. The minimum absolute atomic E-state index is 0.904. The zero-order valence-corrected chi connectivity index (χ0v) is 10.8. The maximum absolute atomic E-state index is 4.54. The molecule has 0 bridgehead atoms. The lowest BCUT2D eigenvalue weighted by Crippen LogP contribution is -1.93. The molecule has 0 atom stereocenters. The van der Waals surface area contributed by atoms with Gasteiger partial charge >= 0.3 is 0 Å². The lowest BCUT2D eigenvalue weighted by atomic mass is 10.0. The summed E-state index contributed by atoms with van der Waals surface area (Å²) < 4.78 is 0. The van der Waals surface area contributed by atoms with Crippen molar-refractivity contribution in [3.63, 3.8) is 0 Å². The number of rotatable bonds is 2. The van der Waals surface area contributed by atoms with E-state index >= 15 is 0 Å². The van der Waals surface area contributed by atoms with Crippen molar-refractivity contribution >= 4 is 23.1 Å². The Morgan fingerprint density at radius 1 is 1.06 bits per heavy atom. The van der Waals surface area contributed by atoms with Crippen LogP contribution in [-0.2, 0) is 0 Å². The molecule has 1 aromatic heterocycles. The first-order valence-electron chi connectivity index (χ1n) is 5.92. The summed E-state index contributed by atoms with van der Waals surface area (Å²) in [5.41, 5.74) is 4.20. The molecule has 0 N–H and O–H groups in total. The van der Waals surface area contributed by atoms with Gasteiger partial charge in [0.25, 0.3) is 0 Å². The van der Waals surface area contributed by atoms with E-state index in [1.54, 1.807) is 6.08 Å². The molecular formula is C16H19N. The Morgan fingerprint density at radius 3 is 2.29 bits per heavy atom. The Bertz CT molecular complexity index is 538. The predicted molar refractivity (Wildman–Crippen MR) is 78.0 cm³/mol. The monoisotopic (exact) mass is 225 g/mol. The van der Waals surface area contributed by atoms with Crippen LogP contribution in [0.3, 0.4) is 0 Å². The summed E-state index contributed by atoms with van der Waals surface area (Å²) >= 11 is 0. The van der Waals surface area contributed by atoms with E-state index in [1.807, 2.05) is 38.1 Å². The Morgan fingerprint density at radius 2 is 1.71 bits per heavy atom. The van der Waals surface area contributed by atoms with E-state index in [2.05, 4.69) is 31.1 Å². The van der Waals surface area contributed by atoms with Gasteiger partial charge in [-0.15, -0.1) is 0 Å². The minimum Gasteiger partial charge on any atom is -0.248 e. The highest BCUT2D eigenvalue weighted by molar-refractivity contribution is 5.87. The molecule has 2 rings (SSSR count). The molecule has 0 saturated carbocycles. The van der Waals surface area contributed by atoms with Crippen molar-refractivity contribution < 1.29 is 0 Å². The highest BCUT2D eigenvalue weighted by Crippen LogP contribution is 2.23. The SMILES string of the molecule is C=Cc1nc2ccccc2c(C)c1C=C.CC. The van der Waals surface area contributed by atoms with Crippen molar-refractivity contribution in [1.29, 1.82) is 0 Å². The second kappa shape index (κ2) is 6.00. The van der Waals surface area contributed by atoms with E-state index in [4.69, 9.17) is 0 Å². The van der Waals surface area contributed by atoms with E-state index in [9.17, 15) is 0 Å². The molecule has 0 aliphatic heterocycles. The van der Waals surface area contributed by atoms with Gasteiger partial charge in [0, 0.05) is 10.9 Å². The van der Waals surface area contributed by atoms with Crippen LogP contribution in [0.5, 0.6) is 0 Å². The largest absolute Gasteiger partial charge is 0.248 e. The van der Waals surface area contributed by atoms with Gasteiger partial charge in [-0.2, -0.15) is 0 Å². The summed E-state index contributed by atoms with van der Waals surface area (Å²) in [7, 11) is 0. The van der Waals surface area contributed by atoms with Crippen molar-refractivity contribution in [3.05, 3.63) is 54.2 Å². The van der Waals surface area contributed by atoms with Crippen LogP contribution in [0.2, 0.25) is 0 Å². The van der Waals surface area contributed by atoms with E-state index < -0.39 is 0 Å². The van der Waals surface area contributed by atoms with Crippen LogP contribution >= 0.6 is 0 Å². The molecule has 1 heterocycles. The molecule has 0 saturated heterocycles. The van der Waals surface area contributed by atoms with Gasteiger partial charge in [0.2, 0.25) is 0 Å². The molecule has 0 aliphatic rings. The number of hydrogen-bond donors (Lipinski definition) is 0. The summed E-state index contributed by atoms with van der Waals surface area (Å²) in [4.78, 5) is 4.54. The summed E-state index contributed by atoms with van der Waals surface area (Å²) in [5, 5.41) is 1.18. The van der Waals surface area contributed by atoms with Gasteiger partial charge in [-0.3, -0.25) is 0 Å². The van der Waals surface area contributed by atoms with E-state index in [1.165, 1.54) is 10.9 Å². The Hall–Kier alpha value is -1.89. The fourth-order valence-electron chi connectivity index (χ4n) is 1.83. The van der Waals surface area contributed by atoms with Gasteiger partial charge in [0.05, 0.1) is 11.2 Å². The summed E-state index contributed by atoms with van der Waals surface area (Å²) in [6.07, 6.45) is 3.61. The Kier molecular flexibility index (Phi) is 4.65. The number of aryl methyl sites for hydroxylation is 1. The number of para-hydroxylation sites is 1. The number of fused-ring (bicyclic) bond motifs is 1. The van der Waals surface area contributed by atoms with Crippen molar-refractivity contribution in [2.45, 2.75) is 20.8 Å². The third kappa shape index (κ3) is 2.44. The molecule has 2 aromatic rings. The van der Waals surface area contributed by atoms with E-state index in [0.717, 1.165) is 16.8 Å². The van der Waals surface area contributed by atoms with Crippen LogP contribution in [0, 0.1) is 6.92 Å². The number of nitrogens with zero attached hydrogens (tertiary/aromatic N) is 1. The molecular weight excluding hydrogens is 206 g/mol. The van der Waals surface area contributed by atoms with Crippen LogP contribution in [0.15, 0.2) is 37.4 Å². The fraction of sp³-hybridized carbons (Fsp3) is 0.188. The highest BCUT2D eigenvalue weighted by atomic mass is 14.7. The van der Waals surface area contributed by atoms with Crippen molar-refractivity contribution in [2.75, 3.05) is 0 Å². The van der Waals surface area contributed by atoms with Crippen LogP contribution < -0.4 is 0 Å². The second-order valence-corrected chi connectivity index (χ2v) is 3.46. The zero-order chi connectivity index (χ0) is 12.8. The minimum atomic E-state index is 0.904. The van der Waals surface area contributed by atoms with E-state index in [0.29, 0.717) is 0 Å².